The number of carbonyl (C=O) groups excluding carboxylic acids is 1. The number of hydrogen-bond acceptors (Lipinski definition) is 5. The zero-order valence-corrected chi connectivity index (χ0v) is 17.0. The molecule has 0 aliphatic heterocycles. The summed E-state index contributed by atoms with van der Waals surface area (Å²) in [6.45, 7) is 3.97. The van der Waals surface area contributed by atoms with E-state index >= 15 is 0 Å². The number of rotatable bonds is 9. The molecule has 0 aliphatic rings. The first-order valence-electron chi connectivity index (χ1n) is 9.26. The van der Waals surface area contributed by atoms with Crippen molar-refractivity contribution in [3.8, 4) is 5.75 Å². The molecule has 0 saturated carbocycles. The third-order valence-electron chi connectivity index (χ3n) is 4.16. The molecule has 1 aromatic carbocycles. The van der Waals surface area contributed by atoms with Crippen molar-refractivity contribution in [2.24, 2.45) is 4.99 Å². The summed E-state index contributed by atoms with van der Waals surface area (Å²) in [5.41, 5.74) is 0.970. The highest BCUT2D eigenvalue weighted by Crippen LogP contribution is 2.17. The lowest BCUT2D eigenvalue weighted by atomic mass is 10.2. The fraction of sp³-hybridized carbons (Fsp3) is 0.474. The van der Waals surface area contributed by atoms with E-state index in [1.165, 1.54) is 4.90 Å². The molecule has 1 heterocycles. The van der Waals surface area contributed by atoms with Crippen LogP contribution >= 0.6 is 0 Å². The predicted octanol–water partition coefficient (Wildman–Crippen LogP) is 0.673. The minimum Gasteiger partial charge on any atom is -0.496 e. The van der Waals surface area contributed by atoms with Crippen LogP contribution in [0.5, 0.6) is 5.75 Å². The first kappa shape index (κ1) is 21.2. The van der Waals surface area contributed by atoms with Gasteiger partial charge in [0, 0.05) is 39.2 Å². The van der Waals surface area contributed by atoms with Crippen LogP contribution in [-0.4, -0.2) is 65.8 Å². The molecule has 0 saturated heterocycles. The van der Waals surface area contributed by atoms with Crippen LogP contribution in [-0.2, 0) is 24.3 Å². The number of carbonyl (C=O) groups is 1. The molecule has 28 heavy (non-hydrogen) atoms. The standard InChI is InChI=1S/C19H29N7O2/c1-5-17-24-23-14-26(17)11-10-20-19(22-13-18(27)25(2)3)21-12-15-8-6-7-9-16(15)28-4/h6-9,14H,5,10-13H2,1-4H3,(H2,20,21,22). The number of nitrogens with zero attached hydrogens (tertiary/aromatic N) is 5. The van der Waals surface area contributed by atoms with Gasteiger partial charge in [0.2, 0.25) is 5.91 Å². The molecular formula is C19H29N7O2. The third kappa shape index (κ3) is 6.26. The number of aromatic nitrogens is 3. The van der Waals surface area contributed by atoms with Crippen LogP contribution in [0.2, 0.25) is 0 Å². The van der Waals surface area contributed by atoms with E-state index in [1.807, 2.05) is 35.8 Å². The minimum atomic E-state index is -0.0288. The van der Waals surface area contributed by atoms with Crippen LogP contribution in [0, 0.1) is 0 Å². The Morgan fingerprint density at radius 1 is 1.29 bits per heavy atom. The van der Waals surface area contributed by atoms with E-state index in [1.54, 1.807) is 27.5 Å². The lowest BCUT2D eigenvalue weighted by Crippen LogP contribution is -2.43. The average Bonchev–Trinajstić information content (AvgIpc) is 3.16. The van der Waals surface area contributed by atoms with Gasteiger partial charge in [0.25, 0.3) is 0 Å². The van der Waals surface area contributed by atoms with Crippen LogP contribution in [0.3, 0.4) is 0 Å². The highest BCUT2D eigenvalue weighted by molar-refractivity contribution is 5.86. The maximum Gasteiger partial charge on any atom is 0.241 e. The molecule has 2 rings (SSSR count). The van der Waals surface area contributed by atoms with Crippen LogP contribution in [0.25, 0.3) is 0 Å². The van der Waals surface area contributed by atoms with Crippen molar-refractivity contribution >= 4 is 11.9 Å². The molecule has 2 N–H and O–H groups in total. The lowest BCUT2D eigenvalue weighted by molar-refractivity contribution is -0.127. The van der Waals surface area contributed by atoms with Gasteiger partial charge in [-0.25, -0.2) is 4.99 Å². The highest BCUT2D eigenvalue weighted by atomic mass is 16.5. The van der Waals surface area contributed by atoms with E-state index in [4.69, 9.17) is 4.74 Å². The Kier molecular flexibility index (Phi) is 8.26. The van der Waals surface area contributed by atoms with Crippen molar-refractivity contribution in [1.29, 1.82) is 0 Å². The van der Waals surface area contributed by atoms with Crippen molar-refractivity contribution in [1.82, 2.24) is 30.3 Å². The van der Waals surface area contributed by atoms with Crippen molar-refractivity contribution in [3.63, 3.8) is 0 Å². The van der Waals surface area contributed by atoms with Gasteiger partial charge in [-0.05, 0) is 6.07 Å². The van der Waals surface area contributed by atoms with Crippen molar-refractivity contribution < 1.29 is 9.53 Å². The Morgan fingerprint density at radius 3 is 2.79 bits per heavy atom. The molecule has 152 valence electrons. The number of para-hydroxylation sites is 1. The Balaban J connectivity index is 2.01. The zero-order valence-electron chi connectivity index (χ0n) is 17.0. The van der Waals surface area contributed by atoms with Gasteiger partial charge in [-0.2, -0.15) is 0 Å². The molecule has 1 amide bonds. The van der Waals surface area contributed by atoms with Crippen LogP contribution in [0.4, 0.5) is 0 Å². The second-order valence-electron chi connectivity index (χ2n) is 6.34. The molecule has 2 aromatic rings. The number of benzene rings is 1. The van der Waals surface area contributed by atoms with Crippen molar-refractivity contribution in [2.45, 2.75) is 26.4 Å². The van der Waals surface area contributed by atoms with Gasteiger partial charge in [-0.1, -0.05) is 25.1 Å². The van der Waals surface area contributed by atoms with Crippen LogP contribution in [0.1, 0.15) is 18.3 Å². The summed E-state index contributed by atoms with van der Waals surface area (Å²) in [7, 11) is 5.09. The van der Waals surface area contributed by atoms with Crippen molar-refractivity contribution in [2.75, 3.05) is 34.3 Å². The van der Waals surface area contributed by atoms with E-state index in [0.29, 0.717) is 25.6 Å². The zero-order chi connectivity index (χ0) is 20.4. The molecule has 9 nitrogen and oxygen atoms in total. The van der Waals surface area contributed by atoms with E-state index in [9.17, 15) is 4.79 Å². The SMILES string of the molecule is CCc1nncn1CCNC(=NCc1ccccc1OC)NCC(=O)N(C)C. The van der Waals surface area contributed by atoms with Gasteiger partial charge in [0.15, 0.2) is 5.96 Å². The smallest absolute Gasteiger partial charge is 0.241 e. The third-order valence-corrected chi connectivity index (χ3v) is 4.16. The van der Waals surface area contributed by atoms with Gasteiger partial charge in [-0.15, -0.1) is 10.2 Å². The summed E-state index contributed by atoms with van der Waals surface area (Å²) < 4.78 is 7.37. The molecule has 0 unspecified atom stereocenters. The summed E-state index contributed by atoms with van der Waals surface area (Å²) in [5, 5.41) is 14.4. The molecule has 1 aromatic heterocycles. The predicted molar refractivity (Wildman–Crippen MR) is 108 cm³/mol. The second kappa shape index (κ2) is 10.9. The normalized spacial score (nSPS) is 11.2. The van der Waals surface area contributed by atoms with Gasteiger partial charge < -0.3 is 24.8 Å². The number of aryl methyl sites for hydroxylation is 1. The molecule has 0 spiro atoms. The number of amides is 1. The quantitative estimate of drug-likeness (QED) is 0.485. The van der Waals surface area contributed by atoms with E-state index < -0.39 is 0 Å². The van der Waals surface area contributed by atoms with Gasteiger partial charge >= 0.3 is 0 Å². The molecule has 0 aliphatic carbocycles. The number of aliphatic imine (C=N–C) groups is 1. The van der Waals surface area contributed by atoms with Gasteiger partial charge in [0.1, 0.15) is 17.9 Å². The molecule has 0 bridgehead atoms. The molecular weight excluding hydrogens is 358 g/mol. The van der Waals surface area contributed by atoms with Crippen LogP contribution in [0.15, 0.2) is 35.6 Å². The topological polar surface area (TPSA) is 96.7 Å². The average molecular weight is 387 g/mol. The van der Waals surface area contributed by atoms with Gasteiger partial charge in [0.05, 0.1) is 20.2 Å². The summed E-state index contributed by atoms with van der Waals surface area (Å²) in [4.78, 5) is 18.0. The maximum absolute atomic E-state index is 11.9. The van der Waals surface area contributed by atoms with E-state index in [-0.39, 0.29) is 12.5 Å². The fourth-order valence-corrected chi connectivity index (χ4v) is 2.52. The highest BCUT2D eigenvalue weighted by Gasteiger charge is 2.08. The number of guanidine groups is 1. The monoisotopic (exact) mass is 387 g/mol. The first-order chi connectivity index (χ1) is 13.5. The number of methoxy groups -OCH3 is 1. The summed E-state index contributed by atoms with van der Waals surface area (Å²) >= 11 is 0. The van der Waals surface area contributed by atoms with Crippen molar-refractivity contribution in [3.05, 3.63) is 42.0 Å². The largest absolute Gasteiger partial charge is 0.496 e. The van der Waals surface area contributed by atoms with E-state index in [0.717, 1.165) is 23.6 Å². The Bertz CT molecular complexity index is 786. The molecule has 0 radical (unpaired) electrons. The number of likely N-dealkylation sites (N-methyl/N-ethyl adjacent to an activating group) is 1. The van der Waals surface area contributed by atoms with Gasteiger partial charge in [-0.3, -0.25) is 4.79 Å². The Morgan fingerprint density at radius 2 is 2.07 bits per heavy atom. The first-order valence-corrected chi connectivity index (χ1v) is 9.26. The Labute approximate surface area is 165 Å². The number of ether oxygens (including phenoxy) is 1. The lowest BCUT2D eigenvalue weighted by Gasteiger charge is -2.15. The fourth-order valence-electron chi connectivity index (χ4n) is 2.52. The molecule has 0 fully saturated rings. The number of hydrogen-bond donors (Lipinski definition) is 2. The second-order valence-corrected chi connectivity index (χ2v) is 6.34. The minimum absolute atomic E-state index is 0.0288. The molecule has 9 heteroatoms. The maximum atomic E-state index is 11.9. The summed E-state index contributed by atoms with van der Waals surface area (Å²) in [5.74, 6) is 2.25. The summed E-state index contributed by atoms with van der Waals surface area (Å²) in [6, 6.07) is 7.74. The number of nitrogens with one attached hydrogen (secondary N) is 2. The van der Waals surface area contributed by atoms with Crippen LogP contribution < -0.4 is 15.4 Å². The van der Waals surface area contributed by atoms with E-state index in [2.05, 4.69) is 25.8 Å². The molecule has 0 atom stereocenters. The summed E-state index contributed by atoms with van der Waals surface area (Å²) in [6.07, 6.45) is 2.54. The Hall–Kier alpha value is -3.10.